The van der Waals surface area contributed by atoms with Gasteiger partial charge >= 0.3 is 0 Å². The van der Waals surface area contributed by atoms with Crippen LogP contribution in [-0.2, 0) is 11.2 Å². The average molecular weight is 256 g/mol. The lowest BCUT2D eigenvalue weighted by atomic mass is 9.69. The Kier molecular flexibility index (Phi) is 2.96. The SMILES string of the molecule is CCCCC12CCC(=O)C=C1c1ccc(O)cc1C2. The van der Waals surface area contributed by atoms with Crippen LogP contribution in [-0.4, -0.2) is 10.9 Å². The van der Waals surface area contributed by atoms with E-state index in [-0.39, 0.29) is 11.2 Å². The van der Waals surface area contributed by atoms with Crippen molar-refractivity contribution < 1.29 is 9.90 Å². The average Bonchev–Trinajstić information content (AvgIpc) is 2.70. The van der Waals surface area contributed by atoms with E-state index >= 15 is 0 Å². The zero-order chi connectivity index (χ0) is 13.5. The number of carbonyl (C=O) groups excluding carboxylic acids is 1. The molecule has 1 N–H and O–H groups in total. The number of hydrogen-bond acceptors (Lipinski definition) is 2. The second kappa shape index (κ2) is 4.52. The maximum atomic E-state index is 11.8. The number of unbranched alkanes of at least 4 members (excludes halogenated alkanes) is 1. The summed E-state index contributed by atoms with van der Waals surface area (Å²) in [5, 5.41) is 9.66. The zero-order valence-electron chi connectivity index (χ0n) is 11.4. The standard InChI is InChI=1S/C17H20O2/c1-2-3-7-17-8-6-14(19)10-16(17)15-5-4-13(18)9-12(15)11-17/h4-5,9-10,18H,2-3,6-8,11H2,1H3. The maximum Gasteiger partial charge on any atom is 0.156 e. The van der Waals surface area contributed by atoms with Crippen molar-refractivity contribution in [3.05, 3.63) is 35.4 Å². The molecule has 1 atom stereocenters. The Morgan fingerprint density at radius 1 is 1.37 bits per heavy atom. The predicted molar refractivity (Wildman–Crippen MR) is 76.0 cm³/mol. The van der Waals surface area contributed by atoms with Crippen LogP contribution < -0.4 is 0 Å². The van der Waals surface area contributed by atoms with E-state index in [1.807, 2.05) is 18.2 Å². The van der Waals surface area contributed by atoms with Crippen molar-refractivity contribution in [1.82, 2.24) is 0 Å². The lowest BCUT2D eigenvalue weighted by molar-refractivity contribution is -0.115. The minimum absolute atomic E-state index is 0.153. The van der Waals surface area contributed by atoms with Gasteiger partial charge in [-0.2, -0.15) is 0 Å². The molecule has 0 aromatic heterocycles. The summed E-state index contributed by atoms with van der Waals surface area (Å²) < 4.78 is 0. The molecule has 0 radical (unpaired) electrons. The number of ketones is 1. The summed E-state index contributed by atoms with van der Waals surface area (Å²) in [5.74, 6) is 0.581. The molecule has 0 spiro atoms. The molecule has 2 aliphatic carbocycles. The summed E-state index contributed by atoms with van der Waals surface area (Å²) in [6.45, 7) is 2.21. The van der Waals surface area contributed by atoms with Crippen LogP contribution in [0.25, 0.3) is 5.57 Å². The molecule has 1 aromatic rings. The van der Waals surface area contributed by atoms with Crippen molar-refractivity contribution >= 4 is 11.4 Å². The van der Waals surface area contributed by atoms with Gasteiger partial charge in [-0.3, -0.25) is 4.79 Å². The van der Waals surface area contributed by atoms with Gasteiger partial charge in [0.05, 0.1) is 0 Å². The molecule has 3 rings (SSSR count). The van der Waals surface area contributed by atoms with E-state index in [0.29, 0.717) is 12.2 Å². The highest BCUT2D eigenvalue weighted by molar-refractivity contribution is 6.01. The molecule has 2 heteroatoms. The van der Waals surface area contributed by atoms with Crippen molar-refractivity contribution in [2.45, 2.75) is 45.4 Å². The molecular formula is C17H20O2. The first kappa shape index (κ1) is 12.5. The summed E-state index contributed by atoms with van der Waals surface area (Å²) >= 11 is 0. The van der Waals surface area contributed by atoms with E-state index in [0.717, 1.165) is 19.3 Å². The number of carbonyl (C=O) groups is 1. The number of benzene rings is 1. The highest BCUT2D eigenvalue weighted by Gasteiger charge is 2.43. The van der Waals surface area contributed by atoms with Crippen LogP contribution in [0.5, 0.6) is 5.75 Å². The zero-order valence-corrected chi connectivity index (χ0v) is 11.4. The fourth-order valence-corrected chi connectivity index (χ4v) is 3.65. The lowest BCUT2D eigenvalue weighted by Gasteiger charge is -2.34. The van der Waals surface area contributed by atoms with E-state index in [9.17, 15) is 9.90 Å². The molecular weight excluding hydrogens is 236 g/mol. The van der Waals surface area contributed by atoms with Gasteiger partial charge in [0.2, 0.25) is 0 Å². The highest BCUT2D eigenvalue weighted by atomic mass is 16.3. The molecule has 0 heterocycles. The molecule has 0 bridgehead atoms. The van der Waals surface area contributed by atoms with E-state index in [2.05, 4.69) is 6.92 Å². The summed E-state index contributed by atoms with van der Waals surface area (Å²) in [7, 11) is 0. The third-order valence-electron chi connectivity index (χ3n) is 4.64. The van der Waals surface area contributed by atoms with Gasteiger partial charge < -0.3 is 5.11 Å². The minimum Gasteiger partial charge on any atom is -0.508 e. The second-order valence-electron chi connectivity index (χ2n) is 5.93. The number of allylic oxidation sites excluding steroid dienone is 2. The normalized spacial score (nSPS) is 24.9. The van der Waals surface area contributed by atoms with E-state index in [1.54, 1.807) is 6.07 Å². The molecule has 19 heavy (non-hydrogen) atoms. The number of hydrogen-bond donors (Lipinski definition) is 1. The largest absolute Gasteiger partial charge is 0.508 e. The molecule has 0 saturated carbocycles. The first-order valence-corrected chi connectivity index (χ1v) is 7.22. The van der Waals surface area contributed by atoms with Gasteiger partial charge in [0, 0.05) is 11.8 Å². The topological polar surface area (TPSA) is 37.3 Å². The Labute approximate surface area is 114 Å². The maximum absolute atomic E-state index is 11.8. The second-order valence-corrected chi connectivity index (χ2v) is 5.93. The van der Waals surface area contributed by atoms with Gasteiger partial charge in [0.25, 0.3) is 0 Å². The van der Waals surface area contributed by atoms with Crippen LogP contribution in [0, 0.1) is 5.41 Å². The fraction of sp³-hybridized carbons (Fsp3) is 0.471. The summed E-state index contributed by atoms with van der Waals surface area (Å²) in [5.41, 5.74) is 3.77. The van der Waals surface area contributed by atoms with Gasteiger partial charge in [0.1, 0.15) is 5.75 Å². The van der Waals surface area contributed by atoms with Crippen molar-refractivity contribution in [3.63, 3.8) is 0 Å². The Morgan fingerprint density at radius 3 is 3.00 bits per heavy atom. The highest BCUT2D eigenvalue weighted by Crippen LogP contribution is 2.54. The number of aromatic hydroxyl groups is 1. The number of fused-ring (bicyclic) bond motifs is 3. The monoisotopic (exact) mass is 256 g/mol. The smallest absolute Gasteiger partial charge is 0.156 e. The Bertz CT molecular complexity index is 556. The molecule has 100 valence electrons. The molecule has 2 nitrogen and oxygen atoms in total. The Balaban J connectivity index is 2.06. The number of rotatable bonds is 3. The van der Waals surface area contributed by atoms with E-state index < -0.39 is 0 Å². The van der Waals surface area contributed by atoms with Crippen LogP contribution in [0.3, 0.4) is 0 Å². The van der Waals surface area contributed by atoms with Crippen molar-refractivity contribution in [2.75, 3.05) is 0 Å². The fourth-order valence-electron chi connectivity index (χ4n) is 3.65. The molecule has 1 aromatic carbocycles. The lowest BCUT2D eigenvalue weighted by Crippen LogP contribution is -2.25. The van der Waals surface area contributed by atoms with E-state index in [1.165, 1.54) is 29.5 Å². The Hall–Kier alpha value is -1.57. The number of phenolic OH excluding ortho intramolecular Hbond substituents is 1. The van der Waals surface area contributed by atoms with Crippen LogP contribution in [0.1, 0.15) is 50.2 Å². The molecule has 0 amide bonds. The molecule has 1 unspecified atom stereocenters. The first-order valence-electron chi connectivity index (χ1n) is 7.22. The third-order valence-corrected chi connectivity index (χ3v) is 4.64. The molecule has 0 aliphatic heterocycles. The number of phenols is 1. The molecule has 2 aliphatic rings. The molecule has 0 fully saturated rings. The van der Waals surface area contributed by atoms with Crippen molar-refractivity contribution in [1.29, 1.82) is 0 Å². The summed E-state index contributed by atoms with van der Waals surface area (Å²) in [6.07, 6.45) is 8.02. The van der Waals surface area contributed by atoms with Crippen LogP contribution >= 0.6 is 0 Å². The van der Waals surface area contributed by atoms with Crippen molar-refractivity contribution in [3.8, 4) is 5.75 Å². The van der Waals surface area contributed by atoms with Crippen LogP contribution in [0.4, 0.5) is 0 Å². The first-order chi connectivity index (χ1) is 9.14. The van der Waals surface area contributed by atoms with Gasteiger partial charge in [-0.25, -0.2) is 0 Å². The van der Waals surface area contributed by atoms with Crippen LogP contribution in [0.2, 0.25) is 0 Å². The summed E-state index contributed by atoms with van der Waals surface area (Å²) in [6, 6.07) is 5.57. The predicted octanol–water partition coefficient (Wildman–Crippen LogP) is 3.87. The third kappa shape index (κ3) is 1.99. The van der Waals surface area contributed by atoms with Gasteiger partial charge in [-0.1, -0.05) is 25.8 Å². The molecule has 0 saturated heterocycles. The van der Waals surface area contributed by atoms with Gasteiger partial charge in [-0.05, 0) is 54.2 Å². The van der Waals surface area contributed by atoms with Crippen LogP contribution in [0.15, 0.2) is 24.3 Å². The Morgan fingerprint density at radius 2 is 2.21 bits per heavy atom. The van der Waals surface area contributed by atoms with Gasteiger partial charge in [-0.15, -0.1) is 0 Å². The van der Waals surface area contributed by atoms with Gasteiger partial charge in [0.15, 0.2) is 5.78 Å². The van der Waals surface area contributed by atoms with E-state index in [4.69, 9.17) is 0 Å². The van der Waals surface area contributed by atoms with Crippen molar-refractivity contribution in [2.24, 2.45) is 5.41 Å². The minimum atomic E-state index is 0.153. The summed E-state index contributed by atoms with van der Waals surface area (Å²) in [4.78, 5) is 11.8. The quantitative estimate of drug-likeness (QED) is 0.891.